The minimum Gasteiger partial charge on any atom is -0.739 e. The number of hydrogen-bond acceptors (Lipinski definition) is 4. The Morgan fingerprint density at radius 1 is 1.47 bits per heavy atom. The zero-order valence-electron chi connectivity index (χ0n) is 7.93. The summed E-state index contributed by atoms with van der Waals surface area (Å²) < 4.78 is 5.02. The van der Waals surface area contributed by atoms with E-state index in [0.29, 0.717) is 11.1 Å². The van der Waals surface area contributed by atoms with Gasteiger partial charge < -0.3 is 20.1 Å². The van der Waals surface area contributed by atoms with Crippen molar-refractivity contribution in [1.82, 2.24) is 4.98 Å². The normalized spacial score (nSPS) is 11.9. The van der Waals surface area contributed by atoms with Crippen molar-refractivity contribution in [1.29, 1.82) is 0 Å². The van der Waals surface area contributed by atoms with E-state index in [2.05, 4.69) is 10.3 Å². The molecule has 6 heteroatoms. The lowest BCUT2D eigenvalue weighted by Crippen LogP contribution is -1.88. The molecule has 0 aliphatic carbocycles. The highest BCUT2D eigenvalue weighted by molar-refractivity contribution is 5.89. The van der Waals surface area contributed by atoms with Crippen molar-refractivity contribution in [2.24, 2.45) is 5.28 Å². The number of aromatic nitrogens is 1. The van der Waals surface area contributed by atoms with Gasteiger partial charge in [-0.1, -0.05) is 4.86 Å². The minimum absolute atomic E-state index is 0.0261. The van der Waals surface area contributed by atoms with Gasteiger partial charge >= 0.3 is 0 Å². The van der Waals surface area contributed by atoms with Crippen molar-refractivity contribution in [3.8, 4) is 5.75 Å². The smallest absolute Gasteiger partial charge is 0.269 e. The number of nitrogens with one attached hydrogen (secondary N) is 1. The van der Waals surface area contributed by atoms with E-state index in [4.69, 9.17) is 4.74 Å². The molecule has 0 saturated heterocycles. The van der Waals surface area contributed by atoms with E-state index in [9.17, 15) is 10.4 Å². The summed E-state index contributed by atoms with van der Waals surface area (Å²) in [7, 11) is 1.53. The first-order valence-corrected chi connectivity index (χ1v) is 4.22. The van der Waals surface area contributed by atoms with Crippen LogP contribution in [-0.4, -0.2) is 17.0 Å². The average molecular weight is 206 g/mol. The lowest BCUT2D eigenvalue weighted by molar-refractivity contribution is -0.434. The second-order valence-corrected chi connectivity index (χ2v) is 2.94. The molecule has 1 aromatic carbocycles. The quantitative estimate of drug-likeness (QED) is 0.464. The van der Waals surface area contributed by atoms with Crippen LogP contribution in [0.2, 0.25) is 0 Å². The Morgan fingerprint density at radius 3 is 2.93 bits per heavy atom. The summed E-state index contributed by atoms with van der Waals surface area (Å²) >= 11 is 0. The van der Waals surface area contributed by atoms with Crippen LogP contribution in [0, 0.1) is 10.4 Å². The first kappa shape index (κ1) is 9.32. The summed E-state index contributed by atoms with van der Waals surface area (Å²) in [6, 6.07) is 5.18. The molecule has 0 unspecified atom stereocenters. The van der Waals surface area contributed by atoms with E-state index in [1.165, 1.54) is 13.3 Å². The Bertz CT molecular complexity index is 518. The SMILES string of the molecule is COc1ccc2[nH]cc(/[N+]([O-])=N\[O-])c2c1. The third-order valence-corrected chi connectivity index (χ3v) is 2.15. The van der Waals surface area contributed by atoms with Gasteiger partial charge in [-0.05, 0) is 23.5 Å². The van der Waals surface area contributed by atoms with Gasteiger partial charge in [0.15, 0.2) is 0 Å². The van der Waals surface area contributed by atoms with Gasteiger partial charge in [0.1, 0.15) is 5.75 Å². The molecular weight excluding hydrogens is 198 g/mol. The number of rotatable bonds is 2. The van der Waals surface area contributed by atoms with Gasteiger partial charge in [0.05, 0.1) is 24.2 Å². The maximum absolute atomic E-state index is 11.1. The summed E-state index contributed by atoms with van der Waals surface area (Å²) in [5.74, 6) is 0.614. The molecule has 6 nitrogen and oxygen atoms in total. The van der Waals surface area contributed by atoms with Crippen LogP contribution in [0.4, 0.5) is 5.69 Å². The highest BCUT2D eigenvalue weighted by Crippen LogP contribution is 2.28. The third-order valence-electron chi connectivity index (χ3n) is 2.15. The van der Waals surface area contributed by atoms with Crippen molar-refractivity contribution < 1.29 is 9.60 Å². The van der Waals surface area contributed by atoms with Crippen molar-refractivity contribution in [3.05, 3.63) is 34.8 Å². The molecule has 0 bridgehead atoms. The maximum atomic E-state index is 11.1. The largest absolute Gasteiger partial charge is 0.739 e. The molecule has 1 aromatic heterocycles. The number of fused-ring (bicyclic) bond motifs is 1. The Balaban J connectivity index is 2.66. The van der Waals surface area contributed by atoms with Crippen LogP contribution in [0.3, 0.4) is 0 Å². The number of hydrogen-bond donors (Lipinski definition) is 1. The van der Waals surface area contributed by atoms with Crippen molar-refractivity contribution >= 4 is 16.6 Å². The van der Waals surface area contributed by atoms with Gasteiger partial charge in [-0.2, -0.15) is 0 Å². The van der Waals surface area contributed by atoms with Crippen LogP contribution in [0.15, 0.2) is 29.7 Å². The number of ether oxygens (including phenoxy) is 1. The molecule has 2 aromatic rings. The summed E-state index contributed by atoms with van der Waals surface area (Å²) in [4.78, 5) is 2.88. The lowest BCUT2D eigenvalue weighted by Gasteiger charge is -2.01. The van der Waals surface area contributed by atoms with Crippen LogP contribution < -0.4 is 4.74 Å². The molecule has 0 aliphatic rings. The second-order valence-electron chi connectivity index (χ2n) is 2.94. The predicted molar refractivity (Wildman–Crippen MR) is 53.9 cm³/mol. The molecule has 0 radical (unpaired) electrons. The lowest BCUT2D eigenvalue weighted by atomic mass is 10.2. The molecule has 0 amide bonds. The van der Waals surface area contributed by atoms with Gasteiger partial charge in [0, 0.05) is 0 Å². The fourth-order valence-corrected chi connectivity index (χ4v) is 1.41. The van der Waals surface area contributed by atoms with E-state index in [-0.39, 0.29) is 10.5 Å². The highest BCUT2D eigenvalue weighted by Gasteiger charge is 2.11. The minimum atomic E-state index is 0.0261. The van der Waals surface area contributed by atoms with Gasteiger partial charge in [-0.15, -0.1) is 0 Å². The topological polar surface area (TPSA) is 86.5 Å². The first-order valence-electron chi connectivity index (χ1n) is 4.22. The number of methoxy groups -OCH3 is 1. The van der Waals surface area contributed by atoms with Crippen LogP contribution in [0.25, 0.3) is 10.9 Å². The summed E-state index contributed by atoms with van der Waals surface area (Å²) in [5.41, 5.74) is 0.925. The van der Waals surface area contributed by atoms with Gasteiger partial charge in [0.2, 0.25) is 0 Å². The molecule has 15 heavy (non-hydrogen) atoms. The molecule has 78 valence electrons. The van der Waals surface area contributed by atoms with Gasteiger partial charge in [0.25, 0.3) is 5.69 Å². The van der Waals surface area contributed by atoms with Crippen LogP contribution in [0.5, 0.6) is 5.75 Å². The standard InChI is InChI=1S/C9H9N3O3/c1-15-6-2-3-8-7(4-6)9(5-10-8)12(14)11-13/h2-5,10,13H,1H3/p-1/b12-11+. The van der Waals surface area contributed by atoms with Crippen molar-refractivity contribution in [2.45, 2.75) is 0 Å². The number of H-pyrrole nitrogens is 1. The predicted octanol–water partition coefficient (Wildman–Crippen LogP) is 2.27. The zero-order chi connectivity index (χ0) is 10.8. The average Bonchev–Trinajstić information content (AvgIpc) is 2.70. The van der Waals surface area contributed by atoms with E-state index >= 15 is 0 Å². The Hall–Kier alpha value is -2.24. The first-order chi connectivity index (χ1) is 7.26. The molecule has 0 fully saturated rings. The van der Waals surface area contributed by atoms with Crippen LogP contribution >= 0.6 is 0 Å². The van der Waals surface area contributed by atoms with Crippen molar-refractivity contribution in [3.63, 3.8) is 0 Å². The highest BCUT2D eigenvalue weighted by atomic mass is 16.6. The molecular formula is C9H8N3O3-. The number of nitrogens with zero attached hydrogens (tertiary/aromatic N) is 2. The molecule has 0 aliphatic heterocycles. The number of benzene rings is 1. The van der Waals surface area contributed by atoms with E-state index in [1.54, 1.807) is 18.2 Å². The Morgan fingerprint density at radius 2 is 2.27 bits per heavy atom. The molecule has 0 atom stereocenters. The third kappa shape index (κ3) is 1.45. The van der Waals surface area contributed by atoms with Crippen LogP contribution in [-0.2, 0) is 0 Å². The van der Waals surface area contributed by atoms with E-state index < -0.39 is 0 Å². The zero-order valence-corrected chi connectivity index (χ0v) is 7.93. The summed E-state index contributed by atoms with van der Waals surface area (Å²) in [6.07, 6.45) is 1.43. The second kappa shape index (κ2) is 3.49. The summed E-state index contributed by atoms with van der Waals surface area (Å²) in [5, 5.41) is 24.1. The van der Waals surface area contributed by atoms with Crippen molar-refractivity contribution in [2.75, 3.05) is 7.11 Å². The van der Waals surface area contributed by atoms with E-state index in [0.717, 1.165) is 5.52 Å². The molecule has 1 N–H and O–H groups in total. The molecule has 2 rings (SSSR count). The summed E-state index contributed by atoms with van der Waals surface area (Å²) in [6.45, 7) is 0. The van der Waals surface area contributed by atoms with E-state index in [1.807, 2.05) is 0 Å². The van der Waals surface area contributed by atoms with Gasteiger partial charge in [-0.25, -0.2) is 0 Å². The Kier molecular flexibility index (Phi) is 2.17. The fourth-order valence-electron chi connectivity index (χ4n) is 1.41. The van der Waals surface area contributed by atoms with Gasteiger partial charge in [-0.3, -0.25) is 0 Å². The fraction of sp³-hybridized carbons (Fsp3) is 0.111. The molecule has 1 heterocycles. The molecule has 0 saturated carbocycles. The maximum Gasteiger partial charge on any atom is 0.269 e. The Labute approximate surface area is 85.0 Å². The molecule has 0 spiro atoms. The van der Waals surface area contributed by atoms with Crippen LogP contribution in [0.1, 0.15) is 0 Å². The number of aromatic amines is 1. The monoisotopic (exact) mass is 206 g/mol.